The highest BCUT2D eigenvalue weighted by atomic mass is 19.1. The third-order valence-corrected chi connectivity index (χ3v) is 3.96. The number of hydrogen-bond donors (Lipinski definition) is 1. The molecule has 2 rings (SSSR count). The van der Waals surface area contributed by atoms with E-state index in [4.69, 9.17) is 6.42 Å². The molecule has 0 fully saturated rings. The first-order valence-corrected chi connectivity index (χ1v) is 7.38. The highest BCUT2D eigenvalue weighted by molar-refractivity contribution is 5.79. The maximum absolute atomic E-state index is 13.1. The second kappa shape index (κ2) is 6.61. The number of fused-ring (bicyclic) bond motifs is 1. The Hall–Kier alpha value is -2.68. The number of carbonyl (C=O) groups excluding carboxylic acids is 1. The standard InChI is InChI=1S/C17H18FN3O2/c1-4-17(5-2,6-3)20-15(22)10-21-11-19-14-9-12(18)7-8-13(14)16(21)23/h1,7-9,11H,5-6,10H2,2-3H3,(H,20,22). The molecule has 0 saturated carbocycles. The van der Waals surface area contributed by atoms with E-state index in [0.717, 1.165) is 0 Å². The Bertz CT molecular complexity index is 832. The molecule has 1 aromatic heterocycles. The van der Waals surface area contributed by atoms with Gasteiger partial charge in [-0.2, -0.15) is 0 Å². The number of nitrogens with zero attached hydrogens (tertiary/aromatic N) is 2. The molecule has 0 aliphatic carbocycles. The van der Waals surface area contributed by atoms with E-state index in [0.29, 0.717) is 12.8 Å². The first-order chi connectivity index (χ1) is 10.9. The molecule has 120 valence electrons. The highest BCUT2D eigenvalue weighted by Gasteiger charge is 2.25. The van der Waals surface area contributed by atoms with E-state index < -0.39 is 16.9 Å². The highest BCUT2D eigenvalue weighted by Crippen LogP contribution is 2.13. The van der Waals surface area contributed by atoms with Crippen LogP contribution >= 0.6 is 0 Å². The topological polar surface area (TPSA) is 64.0 Å². The molecule has 1 aromatic carbocycles. The lowest BCUT2D eigenvalue weighted by Crippen LogP contribution is -2.48. The van der Waals surface area contributed by atoms with E-state index in [2.05, 4.69) is 16.2 Å². The number of amides is 1. The predicted molar refractivity (Wildman–Crippen MR) is 86.2 cm³/mol. The minimum atomic E-state index is -0.714. The molecule has 6 heteroatoms. The van der Waals surface area contributed by atoms with E-state index >= 15 is 0 Å². The summed E-state index contributed by atoms with van der Waals surface area (Å²) in [6.07, 6.45) is 7.93. The van der Waals surface area contributed by atoms with Gasteiger partial charge in [-0.25, -0.2) is 9.37 Å². The van der Waals surface area contributed by atoms with Crippen LogP contribution in [0.2, 0.25) is 0 Å². The van der Waals surface area contributed by atoms with Gasteiger partial charge in [0.15, 0.2) is 0 Å². The summed E-state index contributed by atoms with van der Waals surface area (Å²) in [4.78, 5) is 28.5. The van der Waals surface area contributed by atoms with Crippen LogP contribution in [0, 0.1) is 18.2 Å². The van der Waals surface area contributed by atoms with Crippen molar-refractivity contribution in [3.05, 3.63) is 40.7 Å². The number of hydrogen-bond acceptors (Lipinski definition) is 3. The molecule has 0 unspecified atom stereocenters. The molecular formula is C17H18FN3O2. The Morgan fingerprint density at radius 1 is 1.43 bits per heavy atom. The van der Waals surface area contributed by atoms with Crippen molar-refractivity contribution in [2.75, 3.05) is 0 Å². The van der Waals surface area contributed by atoms with Crippen LogP contribution in [0.3, 0.4) is 0 Å². The van der Waals surface area contributed by atoms with Crippen LogP contribution in [-0.2, 0) is 11.3 Å². The third kappa shape index (κ3) is 3.39. The number of halogens is 1. The van der Waals surface area contributed by atoms with Crippen molar-refractivity contribution in [1.82, 2.24) is 14.9 Å². The summed E-state index contributed by atoms with van der Waals surface area (Å²) in [5.41, 5.74) is -0.857. The van der Waals surface area contributed by atoms with Gasteiger partial charge in [0.2, 0.25) is 5.91 Å². The van der Waals surface area contributed by atoms with E-state index in [1.165, 1.54) is 29.1 Å². The van der Waals surface area contributed by atoms with E-state index in [-0.39, 0.29) is 23.4 Å². The van der Waals surface area contributed by atoms with Crippen LogP contribution in [0.25, 0.3) is 10.9 Å². The number of aromatic nitrogens is 2. The molecule has 5 nitrogen and oxygen atoms in total. The summed E-state index contributed by atoms with van der Waals surface area (Å²) < 4.78 is 14.3. The zero-order valence-electron chi connectivity index (χ0n) is 13.1. The molecule has 1 heterocycles. The van der Waals surface area contributed by atoms with Crippen molar-refractivity contribution in [1.29, 1.82) is 0 Å². The van der Waals surface area contributed by atoms with E-state index in [1.54, 1.807) is 0 Å². The molecule has 0 spiro atoms. The normalized spacial score (nSPS) is 11.2. The summed E-state index contributed by atoms with van der Waals surface area (Å²) in [5, 5.41) is 3.05. The van der Waals surface area contributed by atoms with E-state index in [9.17, 15) is 14.0 Å². The molecule has 0 bridgehead atoms. The SMILES string of the molecule is C#CC(CC)(CC)NC(=O)Cn1cnc2cc(F)ccc2c1=O. The molecule has 0 atom stereocenters. The maximum atomic E-state index is 13.1. The van der Waals surface area contributed by atoms with Crippen molar-refractivity contribution < 1.29 is 9.18 Å². The van der Waals surface area contributed by atoms with Gasteiger partial charge in [-0.05, 0) is 25.0 Å². The number of benzene rings is 1. The Balaban J connectivity index is 2.27. The summed E-state index contributed by atoms with van der Waals surface area (Å²) in [6, 6.07) is 3.73. The van der Waals surface area contributed by atoms with Crippen molar-refractivity contribution in [3.8, 4) is 12.3 Å². The monoisotopic (exact) mass is 315 g/mol. The van der Waals surface area contributed by atoms with Gasteiger partial charge < -0.3 is 5.32 Å². The van der Waals surface area contributed by atoms with Gasteiger partial charge in [0.25, 0.3) is 5.56 Å². The average Bonchev–Trinajstić information content (AvgIpc) is 2.55. The molecule has 2 aromatic rings. The molecule has 1 amide bonds. The maximum Gasteiger partial charge on any atom is 0.261 e. The van der Waals surface area contributed by atoms with Crippen LogP contribution in [0.4, 0.5) is 4.39 Å². The van der Waals surface area contributed by atoms with Gasteiger partial charge >= 0.3 is 0 Å². The van der Waals surface area contributed by atoms with Crippen LogP contribution in [0.5, 0.6) is 0 Å². The molecule has 0 radical (unpaired) electrons. The summed E-state index contributed by atoms with van der Waals surface area (Å²) in [5.74, 6) is 1.77. The lowest BCUT2D eigenvalue weighted by Gasteiger charge is -2.27. The predicted octanol–water partition coefficient (Wildman–Crippen LogP) is 1.84. The number of carbonyl (C=O) groups is 1. The average molecular weight is 315 g/mol. The fourth-order valence-corrected chi connectivity index (χ4v) is 2.37. The van der Waals surface area contributed by atoms with Crippen molar-refractivity contribution >= 4 is 16.8 Å². The second-order valence-electron chi connectivity index (χ2n) is 5.32. The van der Waals surface area contributed by atoms with Crippen molar-refractivity contribution in [3.63, 3.8) is 0 Å². The fourth-order valence-electron chi connectivity index (χ4n) is 2.37. The lowest BCUT2D eigenvalue weighted by molar-refractivity contribution is -0.123. The Kier molecular flexibility index (Phi) is 4.80. The van der Waals surface area contributed by atoms with Gasteiger partial charge in [0.1, 0.15) is 17.9 Å². The molecule has 1 N–H and O–H groups in total. The first-order valence-electron chi connectivity index (χ1n) is 7.38. The fraction of sp³-hybridized carbons (Fsp3) is 0.353. The number of nitrogens with one attached hydrogen (secondary N) is 1. The summed E-state index contributed by atoms with van der Waals surface area (Å²) in [7, 11) is 0. The molecular weight excluding hydrogens is 297 g/mol. The molecule has 0 saturated heterocycles. The number of rotatable bonds is 5. The van der Waals surface area contributed by atoms with Gasteiger partial charge in [0, 0.05) is 6.07 Å². The molecule has 0 aliphatic rings. The summed E-state index contributed by atoms with van der Waals surface area (Å²) >= 11 is 0. The zero-order chi connectivity index (χ0) is 17.0. The van der Waals surface area contributed by atoms with E-state index in [1.807, 2.05) is 13.8 Å². The third-order valence-electron chi connectivity index (χ3n) is 3.96. The Labute approximate surface area is 133 Å². The summed E-state index contributed by atoms with van der Waals surface area (Å²) in [6.45, 7) is 3.59. The van der Waals surface area contributed by atoms with Gasteiger partial charge in [0.05, 0.1) is 17.2 Å². The van der Waals surface area contributed by atoms with Gasteiger partial charge in [-0.1, -0.05) is 19.8 Å². The van der Waals surface area contributed by atoms with Crippen LogP contribution in [-0.4, -0.2) is 21.0 Å². The minimum absolute atomic E-state index is 0.192. The van der Waals surface area contributed by atoms with Crippen molar-refractivity contribution in [2.24, 2.45) is 0 Å². The smallest absolute Gasteiger partial charge is 0.261 e. The van der Waals surface area contributed by atoms with Gasteiger partial charge in [-0.15, -0.1) is 6.42 Å². The minimum Gasteiger partial charge on any atom is -0.338 e. The van der Waals surface area contributed by atoms with Crippen LogP contribution in [0.1, 0.15) is 26.7 Å². The molecule has 23 heavy (non-hydrogen) atoms. The quantitative estimate of drug-likeness (QED) is 0.856. The van der Waals surface area contributed by atoms with Crippen LogP contribution in [0.15, 0.2) is 29.3 Å². The number of terminal acetylenes is 1. The van der Waals surface area contributed by atoms with Gasteiger partial charge in [-0.3, -0.25) is 14.2 Å². The second-order valence-corrected chi connectivity index (χ2v) is 5.32. The Morgan fingerprint density at radius 2 is 2.13 bits per heavy atom. The van der Waals surface area contributed by atoms with Crippen molar-refractivity contribution in [2.45, 2.75) is 38.8 Å². The lowest BCUT2D eigenvalue weighted by atomic mass is 9.94. The van der Waals surface area contributed by atoms with Crippen LogP contribution < -0.4 is 10.9 Å². The largest absolute Gasteiger partial charge is 0.338 e. The Morgan fingerprint density at radius 3 is 2.74 bits per heavy atom. The first kappa shape index (κ1) is 16.7. The zero-order valence-corrected chi connectivity index (χ0v) is 13.1. The molecule has 0 aliphatic heterocycles.